The Hall–Kier alpha value is 1.23. The zero-order chi connectivity index (χ0) is 13.5. The molecule has 19 heteroatoms. The standard InChI is InChI=1S/2ClH.2Cu.3H2O4S/c;;;;3*1-5(2,3)4/h2*1H;;;3*(H2,1,2,3,4). The van der Waals surface area contributed by atoms with Gasteiger partial charge in [-0.2, -0.15) is 25.3 Å². The molecule has 134 valence electrons. The van der Waals surface area contributed by atoms with Gasteiger partial charge in [0, 0.05) is 34.1 Å². The summed E-state index contributed by atoms with van der Waals surface area (Å²) in [7, 11) is -14.0. The maximum Gasteiger partial charge on any atom is 0.394 e. The summed E-state index contributed by atoms with van der Waals surface area (Å²) in [6.07, 6.45) is 0. The minimum absolute atomic E-state index is 0. The van der Waals surface area contributed by atoms with Crippen molar-refractivity contribution >= 4 is 56.0 Å². The van der Waals surface area contributed by atoms with E-state index >= 15 is 0 Å². The third kappa shape index (κ3) is 3780. The second-order valence-electron chi connectivity index (χ2n) is 1.34. The van der Waals surface area contributed by atoms with E-state index in [1.54, 1.807) is 0 Å². The van der Waals surface area contributed by atoms with Crippen LogP contribution in [0.1, 0.15) is 0 Å². The molecule has 0 aliphatic carbocycles. The molecule has 19 heavy (non-hydrogen) atoms. The molecule has 0 atom stereocenters. The monoisotopic (exact) mass is 492 g/mol. The van der Waals surface area contributed by atoms with Crippen LogP contribution in [0.3, 0.4) is 0 Å². The second kappa shape index (κ2) is 17.3. The molecule has 0 aliphatic heterocycles. The molecule has 6 N–H and O–H groups in total. The van der Waals surface area contributed by atoms with E-state index in [1.165, 1.54) is 0 Å². The number of rotatable bonds is 0. The summed E-state index contributed by atoms with van der Waals surface area (Å²) in [6, 6.07) is 0. The Morgan fingerprint density at radius 2 is 0.421 bits per heavy atom. The molecule has 0 spiro atoms. The van der Waals surface area contributed by atoms with Crippen molar-refractivity contribution in [2.24, 2.45) is 0 Å². The Labute approximate surface area is 142 Å². The molecule has 0 aliphatic rings. The van der Waals surface area contributed by atoms with Crippen LogP contribution in [0.15, 0.2) is 0 Å². The first-order valence-electron chi connectivity index (χ1n) is 2.10. The van der Waals surface area contributed by atoms with Crippen LogP contribution < -0.4 is 0 Å². The van der Waals surface area contributed by atoms with Crippen molar-refractivity contribution in [3.8, 4) is 0 Å². The largest absolute Gasteiger partial charge is 0.394 e. The summed E-state index contributed by atoms with van der Waals surface area (Å²) in [5.74, 6) is 0. The summed E-state index contributed by atoms with van der Waals surface area (Å²) in [4.78, 5) is 0. The smallest absolute Gasteiger partial charge is 0.264 e. The fourth-order valence-electron chi connectivity index (χ4n) is 0. The van der Waals surface area contributed by atoms with Gasteiger partial charge in [-0.1, -0.05) is 0 Å². The van der Waals surface area contributed by atoms with Gasteiger partial charge in [-0.15, -0.1) is 24.8 Å². The molecule has 0 rings (SSSR count). The van der Waals surface area contributed by atoms with Gasteiger partial charge in [0.2, 0.25) is 0 Å². The molecule has 0 amide bonds. The number of halogens is 2. The Kier molecular flexibility index (Phi) is 38.9. The molecule has 0 bridgehead atoms. The minimum Gasteiger partial charge on any atom is -0.264 e. The van der Waals surface area contributed by atoms with Crippen molar-refractivity contribution < 1.29 is 86.7 Å². The Morgan fingerprint density at radius 3 is 0.421 bits per heavy atom. The number of hydrogen-bond donors (Lipinski definition) is 6. The van der Waals surface area contributed by atoms with Crippen LogP contribution in [0, 0.1) is 0 Å². The third-order valence-corrected chi connectivity index (χ3v) is 0. The van der Waals surface area contributed by atoms with Crippen LogP contribution in [0.2, 0.25) is 0 Å². The van der Waals surface area contributed by atoms with Crippen LogP contribution in [-0.4, -0.2) is 52.6 Å². The van der Waals surface area contributed by atoms with Gasteiger partial charge in [0.25, 0.3) is 0 Å². The first kappa shape index (κ1) is 42.7. The van der Waals surface area contributed by atoms with Crippen molar-refractivity contribution in [3.05, 3.63) is 0 Å². The van der Waals surface area contributed by atoms with Crippen LogP contribution in [0.25, 0.3) is 0 Å². The fourth-order valence-corrected chi connectivity index (χ4v) is 0. The molecule has 0 unspecified atom stereocenters. The Morgan fingerprint density at radius 1 is 0.421 bits per heavy atom. The topological polar surface area (TPSA) is 224 Å². The van der Waals surface area contributed by atoms with E-state index in [2.05, 4.69) is 0 Å². The fraction of sp³-hybridized carbons (Fsp3) is 0. The van der Waals surface area contributed by atoms with E-state index in [-0.39, 0.29) is 59.0 Å². The van der Waals surface area contributed by atoms with Gasteiger partial charge in [-0.05, 0) is 0 Å². The van der Waals surface area contributed by atoms with E-state index in [1.807, 2.05) is 0 Å². The van der Waals surface area contributed by atoms with Gasteiger partial charge in [0.05, 0.1) is 0 Å². The molecule has 0 saturated heterocycles. The van der Waals surface area contributed by atoms with Crippen molar-refractivity contribution in [1.29, 1.82) is 0 Å². The molecule has 2 radical (unpaired) electrons. The maximum absolute atomic E-state index is 8.74. The van der Waals surface area contributed by atoms with Gasteiger partial charge in [0.15, 0.2) is 0 Å². The van der Waals surface area contributed by atoms with E-state index in [0.29, 0.717) is 0 Å². The predicted octanol–water partition coefficient (Wildman–Crippen LogP) is -1.12. The van der Waals surface area contributed by atoms with Gasteiger partial charge < -0.3 is 0 Å². The van der Waals surface area contributed by atoms with Crippen molar-refractivity contribution in [2.75, 3.05) is 0 Å². The molecular formula is H8Cl2Cu2O12S3. The van der Waals surface area contributed by atoms with E-state index in [4.69, 9.17) is 52.6 Å². The summed E-state index contributed by atoms with van der Waals surface area (Å²) in [5, 5.41) is 0. The predicted molar refractivity (Wildman–Crippen MR) is 57.0 cm³/mol. The van der Waals surface area contributed by atoms with Crippen molar-refractivity contribution in [2.45, 2.75) is 0 Å². The maximum atomic E-state index is 8.74. The molecule has 0 fully saturated rings. The molecule has 0 saturated carbocycles. The summed E-state index contributed by atoms with van der Waals surface area (Å²) in [5.41, 5.74) is 0. The quantitative estimate of drug-likeness (QED) is 0.174. The zero-order valence-corrected chi connectivity index (χ0v) is 13.7. The Balaban J connectivity index is -0.0000000206. The van der Waals surface area contributed by atoms with Gasteiger partial charge in [-0.3, -0.25) is 27.3 Å². The normalized spacial score (nSPS) is 9.16. The molecular weight excluding hydrogens is 486 g/mol. The third-order valence-electron chi connectivity index (χ3n) is 0. The second-order valence-corrected chi connectivity index (χ2v) is 4.03. The molecule has 0 aromatic carbocycles. The SMILES string of the molecule is Cl.Cl.O=S(=O)(O)O.O=S(=O)(O)O.O=S(=O)(O)O.[Cu].[Cu]. The summed E-state index contributed by atoms with van der Waals surface area (Å²) >= 11 is 0. The first-order chi connectivity index (χ1) is 6.00. The van der Waals surface area contributed by atoms with Crippen molar-refractivity contribution in [3.63, 3.8) is 0 Å². The number of hydrogen-bond acceptors (Lipinski definition) is 6. The first-order valence-corrected chi connectivity index (χ1v) is 6.29. The van der Waals surface area contributed by atoms with Crippen LogP contribution in [0.4, 0.5) is 0 Å². The van der Waals surface area contributed by atoms with Gasteiger partial charge in [0.1, 0.15) is 0 Å². The van der Waals surface area contributed by atoms with Crippen LogP contribution >= 0.6 is 24.8 Å². The van der Waals surface area contributed by atoms with Crippen LogP contribution in [0.5, 0.6) is 0 Å². The molecule has 0 aromatic rings. The van der Waals surface area contributed by atoms with Crippen LogP contribution in [-0.2, 0) is 65.3 Å². The average molecular weight is 494 g/mol. The van der Waals surface area contributed by atoms with Gasteiger partial charge >= 0.3 is 31.2 Å². The van der Waals surface area contributed by atoms with E-state index in [0.717, 1.165) is 0 Å². The van der Waals surface area contributed by atoms with Gasteiger partial charge in [-0.25, -0.2) is 0 Å². The molecule has 0 heterocycles. The van der Waals surface area contributed by atoms with E-state index in [9.17, 15) is 0 Å². The average Bonchev–Trinajstić information content (AvgIpc) is 1.41. The molecule has 0 aromatic heterocycles. The summed E-state index contributed by atoms with van der Waals surface area (Å²) < 4.78 is 94.8. The minimum atomic E-state index is -4.67. The Bertz CT molecular complexity index is 350. The van der Waals surface area contributed by atoms with Crippen molar-refractivity contribution in [1.82, 2.24) is 0 Å². The summed E-state index contributed by atoms with van der Waals surface area (Å²) in [6.45, 7) is 0. The zero-order valence-electron chi connectivity index (χ0n) is 7.78. The van der Waals surface area contributed by atoms with E-state index < -0.39 is 31.2 Å². The molecule has 12 nitrogen and oxygen atoms in total.